The predicted octanol–water partition coefficient (Wildman–Crippen LogP) is 1.60. The molecular formula is C19H21N3O2. The maximum absolute atomic E-state index is 12.2. The molecule has 2 atom stereocenters. The molecule has 1 fully saturated rings. The maximum atomic E-state index is 12.2. The lowest BCUT2D eigenvalue weighted by Gasteiger charge is -2.21. The van der Waals surface area contributed by atoms with Gasteiger partial charge in [0.25, 0.3) is 0 Å². The van der Waals surface area contributed by atoms with Gasteiger partial charge in [0, 0.05) is 25.6 Å². The highest BCUT2D eigenvalue weighted by Crippen LogP contribution is 2.19. The van der Waals surface area contributed by atoms with Gasteiger partial charge in [-0.25, -0.2) is 0 Å². The van der Waals surface area contributed by atoms with E-state index in [2.05, 4.69) is 5.32 Å². The van der Waals surface area contributed by atoms with Crippen LogP contribution in [0, 0.1) is 0 Å². The molecule has 0 saturated carbocycles. The van der Waals surface area contributed by atoms with Gasteiger partial charge in [-0.05, 0) is 11.1 Å². The Bertz CT molecular complexity index is 703. The van der Waals surface area contributed by atoms with Gasteiger partial charge in [0.2, 0.25) is 11.8 Å². The van der Waals surface area contributed by atoms with E-state index in [1.54, 1.807) is 0 Å². The highest BCUT2D eigenvalue weighted by Gasteiger charge is 2.32. The van der Waals surface area contributed by atoms with Gasteiger partial charge in [0.05, 0.1) is 0 Å². The highest BCUT2D eigenvalue weighted by molar-refractivity contribution is 5.82. The summed E-state index contributed by atoms with van der Waals surface area (Å²) in [5.41, 5.74) is 7.46. The number of carbonyl (C=O) groups is 2. The van der Waals surface area contributed by atoms with Gasteiger partial charge in [0.1, 0.15) is 6.04 Å². The molecular weight excluding hydrogens is 302 g/mol. The topological polar surface area (TPSA) is 75.4 Å². The monoisotopic (exact) mass is 323 g/mol. The molecule has 5 heteroatoms. The number of nitrogens with zero attached hydrogens (tertiary/aromatic N) is 1. The van der Waals surface area contributed by atoms with Crippen LogP contribution in [0.2, 0.25) is 0 Å². The third-order valence-electron chi connectivity index (χ3n) is 4.25. The molecule has 1 heterocycles. The number of primary amides is 1. The van der Waals surface area contributed by atoms with Crippen molar-refractivity contribution in [1.82, 2.24) is 10.2 Å². The third kappa shape index (κ3) is 3.81. The van der Waals surface area contributed by atoms with Gasteiger partial charge >= 0.3 is 0 Å². The molecule has 5 nitrogen and oxygen atoms in total. The summed E-state index contributed by atoms with van der Waals surface area (Å²) in [7, 11) is 0. The highest BCUT2D eigenvalue weighted by atomic mass is 16.2. The van der Waals surface area contributed by atoms with Crippen molar-refractivity contribution in [3.05, 3.63) is 71.8 Å². The molecule has 0 unspecified atom stereocenters. The van der Waals surface area contributed by atoms with Gasteiger partial charge in [0.15, 0.2) is 0 Å². The van der Waals surface area contributed by atoms with Crippen LogP contribution in [-0.4, -0.2) is 29.3 Å². The summed E-state index contributed by atoms with van der Waals surface area (Å²) < 4.78 is 0. The SMILES string of the molecule is NC(=O)[C@@H](N[C@@H]1CC(=O)N(Cc2ccccc2)C1)c1ccccc1. The van der Waals surface area contributed by atoms with Crippen LogP contribution in [0.5, 0.6) is 0 Å². The summed E-state index contributed by atoms with van der Waals surface area (Å²) in [6, 6.07) is 18.6. The van der Waals surface area contributed by atoms with Crippen LogP contribution in [0.3, 0.4) is 0 Å². The molecule has 2 aromatic rings. The van der Waals surface area contributed by atoms with E-state index >= 15 is 0 Å². The first-order valence-electron chi connectivity index (χ1n) is 8.05. The Balaban J connectivity index is 1.65. The van der Waals surface area contributed by atoms with Crippen LogP contribution in [-0.2, 0) is 16.1 Å². The van der Waals surface area contributed by atoms with Crippen molar-refractivity contribution in [2.45, 2.75) is 25.0 Å². The Morgan fingerprint density at radius 2 is 1.75 bits per heavy atom. The van der Waals surface area contributed by atoms with Gasteiger partial charge in [-0.2, -0.15) is 0 Å². The number of nitrogens with one attached hydrogen (secondary N) is 1. The summed E-state index contributed by atoms with van der Waals surface area (Å²) in [6.07, 6.45) is 0.378. The average Bonchev–Trinajstić information content (AvgIpc) is 2.94. The van der Waals surface area contributed by atoms with E-state index in [-0.39, 0.29) is 11.9 Å². The smallest absolute Gasteiger partial charge is 0.239 e. The Hall–Kier alpha value is -2.66. The van der Waals surface area contributed by atoms with E-state index in [0.717, 1.165) is 11.1 Å². The Morgan fingerprint density at radius 3 is 2.38 bits per heavy atom. The second kappa shape index (κ2) is 7.27. The molecule has 2 amide bonds. The van der Waals surface area contributed by atoms with Crippen LogP contribution in [0.15, 0.2) is 60.7 Å². The van der Waals surface area contributed by atoms with Crippen LogP contribution in [0.4, 0.5) is 0 Å². The van der Waals surface area contributed by atoms with Crippen molar-refractivity contribution in [1.29, 1.82) is 0 Å². The molecule has 0 aromatic heterocycles. The largest absolute Gasteiger partial charge is 0.368 e. The second-order valence-electron chi connectivity index (χ2n) is 6.07. The summed E-state index contributed by atoms with van der Waals surface area (Å²) in [6.45, 7) is 1.16. The maximum Gasteiger partial charge on any atom is 0.239 e. The van der Waals surface area contributed by atoms with E-state index < -0.39 is 11.9 Å². The molecule has 124 valence electrons. The molecule has 3 rings (SSSR count). The fraction of sp³-hybridized carbons (Fsp3) is 0.263. The van der Waals surface area contributed by atoms with Crippen molar-refractivity contribution in [3.8, 4) is 0 Å². The number of carbonyl (C=O) groups excluding carboxylic acids is 2. The molecule has 1 aliphatic rings. The van der Waals surface area contributed by atoms with Crippen molar-refractivity contribution >= 4 is 11.8 Å². The van der Waals surface area contributed by atoms with Gasteiger partial charge < -0.3 is 10.6 Å². The van der Waals surface area contributed by atoms with E-state index in [0.29, 0.717) is 19.5 Å². The predicted molar refractivity (Wildman–Crippen MR) is 91.8 cm³/mol. The molecule has 0 bridgehead atoms. The molecule has 24 heavy (non-hydrogen) atoms. The number of rotatable bonds is 6. The number of nitrogens with two attached hydrogens (primary N) is 1. The zero-order valence-electron chi connectivity index (χ0n) is 13.4. The lowest BCUT2D eigenvalue weighted by molar-refractivity contribution is -0.128. The molecule has 2 aromatic carbocycles. The summed E-state index contributed by atoms with van der Waals surface area (Å²) >= 11 is 0. The van der Waals surface area contributed by atoms with Crippen LogP contribution >= 0.6 is 0 Å². The Kier molecular flexibility index (Phi) is 4.91. The molecule has 1 saturated heterocycles. The normalized spacial score (nSPS) is 18.6. The summed E-state index contributed by atoms with van der Waals surface area (Å²) in [5, 5.41) is 3.24. The minimum absolute atomic E-state index is 0.0843. The second-order valence-corrected chi connectivity index (χ2v) is 6.07. The third-order valence-corrected chi connectivity index (χ3v) is 4.25. The summed E-state index contributed by atoms with van der Waals surface area (Å²) in [5.74, 6) is -0.345. The fourth-order valence-electron chi connectivity index (χ4n) is 3.06. The molecule has 1 aliphatic heterocycles. The molecule has 3 N–H and O–H groups in total. The van der Waals surface area contributed by atoms with E-state index in [1.807, 2.05) is 65.6 Å². The van der Waals surface area contributed by atoms with E-state index in [9.17, 15) is 9.59 Å². The lowest BCUT2D eigenvalue weighted by Crippen LogP contribution is -2.41. The van der Waals surface area contributed by atoms with Gasteiger partial charge in [-0.1, -0.05) is 60.7 Å². The van der Waals surface area contributed by atoms with E-state index in [4.69, 9.17) is 5.73 Å². The van der Waals surface area contributed by atoms with Gasteiger partial charge in [-0.15, -0.1) is 0 Å². The molecule has 0 spiro atoms. The number of benzene rings is 2. The first kappa shape index (κ1) is 16.2. The molecule has 0 aliphatic carbocycles. The van der Waals surface area contributed by atoms with Crippen molar-refractivity contribution in [2.24, 2.45) is 5.73 Å². The Labute approximate surface area is 141 Å². The standard InChI is InChI=1S/C19H21N3O2/c20-19(24)18(15-9-5-2-6-10-15)21-16-11-17(23)22(13-16)12-14-7-3-1-4-8-14/h1-10,16,18,21H,11-13H2,(H2,20,24)/t16-,18+/m1/s1. The fourth-order valence-corrected chi connectivity index (χ4v) is 3.06. The average molecular weight is 323 g/mol. The quantitative estimate of drug-likeness (QED) is 0.848. The number of likely N-dealkylation sites (tertiary alicyclic amines) is 1. The lowest BCUT2D eigenvalue weighted by atomic mass is 10.1. The number of amides is 2. The van der Waals surface area contributed by atoms with E-state index in [1.165, 1.54) is 0 Å². The zero-order valence-corrected chi connectivity index (χ0v) is 13.4. The summed E-state index contributed by atoms with van der Waals surface area (Å²) in [4.78, 5) is 25.9. The van der Waals surface area contributed by atoms with Crippen molar-refractivity contribution < 1.29 is 9.59 Å². The van der Waals surface area contributed by atoms with Crippen LogP contribution < -0.4 is 11.1 Å². The minimum Gasteiger partial charge on any atom is -0.368 e. The van der Waals surface area contributed by atoms with Crippen molar-refractivity contribution in [3.63, 3.8) is 0 Å². The van der Waals surface area contributed by atoms with Crippen LogP contribution in [0.25, 0.3) is 0 Å². The zero-order chi connectivity index (χ0) is 16.9. The number of hydrogen-bond donors (Lipinski definition) is 2. The molecule has 0 radical (unpaired) electrons. The van der Waals surface area contributed by atoms with Crippen LogP contribution in [0.1, 0.15) is 23.6 Å². The first-order valence-corrected chi connectivity index (χ1v) is 8.05. The van der Waals surface area contributed by atoms with Gasteiger partial charge in [-0.3, -0.25) is 14.9 Å². The number of hydrogen-bond acceptors (Lipinski definition) is 3. The Morgan fingerprint density at radius 1 is 1.12 bits per heavy atom. The first-order chi connectivity index (χ1) is 11.6. The minimum atomic E-state index is -0.583. The van der Waals surface area contributed by atoms with Crippen molar-refractivity contribution in [2.75, 3.05) is 6.54 Å².